The van der Waals surface area contributed by atoms with Crippen molar-refractivity contribution in [3.05, 3.63) is 51.8 Å². The summed E-state index contributed by atoms with van der Waals surface area (Å²) in [7, 11) is 1.60. The molecule has 2 heterocycles. The van der Waals surface area contributed by atoms with Crippen molar-refractivity contribution < 1.29 is 13.5 Å². The largest absolute Gasteiger partial charge is 0.472 e. The summed E-state index contributed by atoms with van der Waals surface area (Å²) in [5.74, 6) is 2.23. The van der Waals surface area contributed by atoms with Gasteiger partial charge in [-0.2, -0.15) is 9.78 Å². The Kier molecular flexibility index (Phi) is 5.31. The van der Waals surface area contributed by atoms with Crippen molar-refractivity contribution in [2.75, 3.05) is 19.4 Å². The van der Waals surface area contributed by atoms with Gasteiger partial charge in [-0.3, -0.25) is 9.79 Å². The van der Waals surface area contributed by atoms with Crippen LogP contribution in [0, 0.1) is 12.3 Å². The second kappa shape index (κ2) is 7.84. The van der Waals surface area contributed by atoms with Crippen LogP contribution in [-0.2, 0) is 0 Å². The van der Waals surface area contributed by atoms with Crippen molar-refractivity contribution in [1.29, 1.82) is 0 Å². The Bertz CT molecular complexity index is 1170. The zero-order chi connectivity index (χ0) is 20.3. The molecule has 3 aromatic rings. The summed E-state index contributed by atoms with van der Waals surface area (Å²) in [5.41, 5.74) is 7.19. The molecule has 2 aromatic heterocycles. The van der Waals surface area contributed by atoms with E-state index in [4.69, 9.17) is 16.9 Å². The van der Waals surface area contributed by atoms with Crippen molar-refractivity contribution in [3.63, 3.8) is 0 Å². The number of aliphatic imine (C=N–C) groups is 1. The van der Waals surface area contributed by atoms with Crippen LogP contribution in [0.15, 0.2) is 40.1 Å². The molecule has 3 rings (SSSR count). The van der Waals surface area contributed by atoms with E-state index < -0.39 is 18.6 Å². The van der Waals surface area contributed by atoms with E-state index in [9.17, 15) is 13.6 Å². The van der Waals surface area contributed by atoms with Crippen molar-refractivity contribution in [2.24, 2.45) is 4.99 Å². The second-order valence-electron chi connectivity index (χ2n) is 5.66. The molecule has 0 unspecified atom stereocenters. The van der Waals surface area contributed by atoms with E-state index in [0.29, 0.717) is 22.5 Å². The number of aromatic nitrogens is 3. The molecule has 9 heteroatoms. The average Bonchev–Trinajstić information content (AvgIpc) is 2.68. The number of fused-ring (bicyclic) bond motifs is 1. The van der Waals surface area contributed by atoms with Crippen molar-refractivity contribution in [3.8, 4) is 23.9 Å². The number of hydrogen-bond acceptors (Lipinski definition) is 6. The van der Waals surface area contributed by atoms with Crippen molar-refractivity contribution in [2.45, 2.75) is 6.43 Å². The fourth-order valence-corrected chi connectivity index (χ4v) is 2.54. The van der Waals surface area contributed by atoms with Crippen molar-refractivity contribution in [1.82, 2.24) is 14.8 Å². The van der Waals surface area contributed by atoms with Crippen LogP contribution >= 0.6 is 0 Å². The average molecular weight is 383 g/mol. The monoisotopic (exact) mass is 383 g/mol. The minimum atomic E-state index is -2.65. The first kappa shape index (κ1) is 19.0. The Labute approximate surface area is 158 Å². The fourth-order valence-electron chi connectivity index (χ4n) is 2.54. The van der Waals surface area contributed by atoms with Gasteiger partial charge in [0.15, 0.2) is 6.61 Å². The maximum absolute atomic E-state index is 12.8. The number of pyridine rings is 1. The molecule has 2 N–H and O–H groups in total. The van der Waals surface area contributed by atoms with E-state index in [1.165, 1.54) is 12.1 Å². The van der Waals surface area contributed by atoms with Crippen LogP contribution in [0.5, 0.6) is 5.88 Å². The minimum Gasteiger partial charge on any atom is -0.472 e. The van der Waals surface area contributed by atoms with Crippen LogP contribution in [0.2, 0.25) is 0 Å². The van der Waals surface area contributed by atoms with Crippen LogP contribution in [0.3, 0.4) is 0 Å². The zero-order valence-electron chi connectivity index (χ0n) is 14.8. The lowest BCUT2D eigenvalue weighted by molar-refractivity contribution is 0.0797. The molecule has 0 aliphatic rings. The number of rotatable bonds is 5. The molecule has 0 radical (unpaired) electrons. The summed E-state index contributed by atoms with van der Waals surface area (Å²) in [5, 5.41) is 4.28. The van der Waals surface area contributed by atoms with Gasteiger partial charge < -0.3 is 10.5 Å². The minimum absolute atomic E-state index is 0.0602. The maximum Gasteiger partial charge on any atom is 0.289 e. The predicted molar refractivity (Wildman–Crippen MR) is 102 cm³/mol. The summed E-state index contributed by atoms with van der Waals surface area (Å²) < 4.78 is 30.7. The van der Waals surface area contributed by atoms with E-state index in [1.54, 1.807) is 31.5 Å². The quantitative estimate of drug-likeness (QED) is 0.413. The number of terminal acetylenes is 1. The molecule has 0 bridgehead atoms. The molecule has 7 nitrogen and oxygen atoms in total. The maximum atomic E-state index is 12.8. The van der Waals surface area contributed by atoms with Gasteiger partial charge in [0.2, 0.25) is 5.88 Å². The molecule has 0 amide bonds. The molecular weight excluding hydrogens is 368 g/mol. The first-order valence-electron chi connectivity index (χ1n) is 8.08. The van der Waals surface area contributed by atoms with E-state index in [0.717, 1.165) is 4.68 Å². The Morgan fingerprint density at radius 2 is 2.18 bits per heavy atom. The van der Waals surface area contributed by atoms with Crippen molar-refractivity contribution >= 4 is 22.9 Å². The molecule has 28 heavy (non-hydrogen) atoms. The summed E-state index contributed by atoms with van der Waals surface area (Å²) >= 11 is 0. The summed E-state index contributed by atoms with van der Waals surface area (Å²) in [6.45, 7) is -0.818. The van der Waals surface area contributed by atoms with E-state index in [1.807, 2.05) is 0 Å². The number of nitrogen functional groups attached to an aromatic ring is 1. The second-order valence-corrected chi connectivity index (χ2v) is 5.66. The van der Waals surface area contributed by atoms with E-state index in [-0.39, 0.29) is 17.0 Å². The third-order valence-electron chi connectivity index (χ3n) is 3.78. The molecular formula is C19H15F2N5O2. The molecule has 142 valence electrons. The number of nitrogens with zero attached hydrogens (tertiary/aromatic N) is 4. The zero-order valence-corrected chi connectivity index (χ0v) is 14.8. The summed E-state index contributed by atoms with van der Waals surface area (Å²) in [4.78, 5) is 20.8. The van der Waals surface area contributed by atoms with Gasteiger partial charge in [-0.1, -0.05) is 5.92 Å². The lowest BCUT2D eigenvalue weighted by Gasteiger charge is -2.11. The van der Waals surface area contributed by atoms with Gasteiger partial charge in [-0.25, -0.2) is 13.8 Å². The highest BCUT2D eigenvalue weighted by molar-refractivity contribution is 5.88. The number of anilines is 1. The molecule has 0 spiro atoms. The van der Waals surface area contributed by atoms with Crippen LogP contribution in [0.1, 0.15) is 11.1 Å². The highest BCUT2D eigenvalue weighted by Gasteiger charge is 2.15. The number of hydrogen-bond donors (Lipinski definition) is 1. The predicted octanol–water partition coefficient (Wildman–Crippen LogP) is 2.04. The lowest BCUT2D eigenvalue weighted by Crippen LogP contribution is -2.24. The van der Waals surface area contributed by atoms with Gasteiger partial charge in [0, 0.05) is 30.6 Å². The smallest absolute Gasteiger partial charge is 0.289 e. The van der Waals surface area contributed by atoms with Gasteiger partial charge in [-0.15, -0.1) is 6.42 Å². The Balaban J connectivity index is 2.17. The van der Waals surface area contributed by atoms with Gasteiger partial charge >= 0.3 is 0 Å². The molecule has 0 saturated carbocycles. The normalized spacial score (nSPS) is 11.2. The Morgan fingerprint density at radius 3 is 2.86 bits per heavy atom. The summed E-state index contributed by atoms with van der Waals surface area (Å²) in [6.07, 6.45) is 4.41. The highest BCUT2D eigenvalue weighted by atomic mass is 19.3. The van der Waals surface area contributed by atoms with Crippen LogP contribution in [-0.4, -0.2) is 41.1 Å². The first-order chi connectivity index (χ1) is 13.4. The molecule has 1 aromatic carbocycles. The fraction of sp³-hybridized carbons (Fsp3) is 0.158. The molecule has 0 aliphatic heterocycles. The van der Waals surface area contributed by atoms with Gasteiger partial charge in [-0.05, 0) is 24.3 Å². The molecule has 0 atom stereocenters. The Morgan fingerprint density at radius 1 is 1.39 bits per heavy atom. The summed E-state index contributed by atoms with van der Waals surface area (Å²) in [6, 6.07) is 7.77. The van der Waals surface area contributed by atoms with Gasteiger partial charge in [0.1, 0.15) is 16.6 Å². The van der Waals surface area contributed by atoms with E-state index in [2.05, 4.69) is 21.0 Å². The molecule has 0 aliphatic carbocycles. The van der Waals surface area contributed by atoms with Crippen LogP contribution in [0.25, 0.3) is 16.7 Å². The van der Waals surface area contributed by atoms with Gasteiger partial charge in [0.25, 0.3) is 12.0 Å². The Hall–Kier alpha value is -3.80. The van der Waals surface area contributed by atoms with E-state index >= 15 is 0 Å². The standard InChI is InChI=1S/C19H15F2N5O2/c1-3-13-18-15(6-7-17(24-18)28-10-16(20)21)25-26(19(13)27)12-4-5-14(22)11(8-12)9-23-2/h1,4-9,16H,10,22H2,2H3. The lowest BCUT2D eigenvalue weighted by atomic mass is 10.1. The molecule has 0 fully saturated rings. The van der Waals surface area contributed by atoms with Crippen LogP contribution < -0.4 is 16.0 Å². The first-order valence-corrected chi connectivity index (χ1v) is 8.08. The number of nitrogens with two attached hydrogens (primary N) is 1. The third kappa shape index (κ3) is 3.66. The number of alkyl halides is 2. The van der Waals surface area contributed by atoms with Crippen LogP contribution in [0.4, 0.5) is 14.5 Å². The van der Waals surface area contributed by atoms with Gasteiger partial charge in [0.05, 0.1) is 5.69 Å². The number of benzene rings is 1. The SMILES string of the molecule is C#Cc1c(=O)n(-c2ccc(N)c(C=NC)c2)nc2ccc(OCC(F)F)nc12. The number of halogens is 2. The molecule has 0 saturated heterocycles. The number of ether oxygens (including phenoxy) is 1. The highest BCUT2D eigenvalue weighted by Crippen LogP contribution is 2.19. The topological polar surface area (TPSA) is 95.4 Å². The third-order valence-corrected chi connectivity index (χ3v) is 3.78.